The predicted octanol–water partition coefficient (Wildman–Crippen LogP) is 2.28. The van der Waals surface area contributed by atoms with Crippen LogP contribution < -0.4 is 10.6 Å². The second-order valence-electron chi connectivity index (χ2n) is 7.24. The van der Waals surface area contributed by atoms with Crippen LogP contribution in [0, 0.1) is 6.92 Å². The highest BCUT2D eigenvalue weighted by Crippen LogP contribution is 2.19. The van der Waals surface area contributed by atoms with Crippen LogP contribution in [0.3, 0.4) is 0 Å². The van der Waals surface area contributed by atoms with Gasteiger partial charge in [-0.1, -0.05) is 29.8 Å². The Morgan fingerprint density at radius 2 is 1.50 bits per heavy atom. The Hall–Kier alpha value is -3.15. The van der Waals surface area contributed by atoms with E-state index in [-0.39, 0.29) is 24.3 Å². The van der Waals surface area contributed by atoms with E-state index in [1.54, 1.807) is 36.2 Å². The van der Waals surface area contributed by atoms with Crippen molar-refractivity contribution in [3.8, 4) is 0 Å². The third kappa shape index (κ3) is 5.42. The molecule has 0 bridgehead atoms. The maximum atomic E-state index is 12.3. The first-order chi connectivity index (χ1) is 13.4. The van der Waals surface area contributed by atoms with E-state index >= 15 is 0 Å². The molecule has 0 aliphatic heterocycles. The van der Waals surface area contributed by atoms with Gasteiger partial charge in [0.25, 0.3) is 11.8 Å². The summed E-state index contributed by atoms with van der Waals surface area (Å²) in [5, 5.41) is 5.60. The number of nitrogens with one attached hydrogen (secondary N) is 2. The highest BCUT2D eigenvalue weighted by Gasteiger charge is 2.23. The molecule has 2 aromatic rings. The summed E-state index contributed by atoms with van der Waals surface area (Å²) < 4.78 is 0. The van der Waals surface area contributed by atoms with Crippen molar-refractivity contribution < 1.29 is 14.4 Å². The summed E-state index contributed by atoms with van der Waals surface area (Å²) in [6, 6.07) is 14.7. The largest absolute Gasteiger partial charge is 0.349 e. The zero-order valence-corrected chi connectivity index (χ0v) is 16.2. The number of aryl methyl sites for hydroxylation is 1. The van der Waals surface area contributed by atoms with E-state index in [4.69, 9.17) is 0 Å². The van der Waals surface area contributed by atoms with Crippen molar-refractivity contribution in [1.29, 1.82) is 0 Å². The summed E-state index contributed by atoms with van der Waals surface area (Å²) in [7, 11) is 1.69. The molecule has 146 valence electrons. The maximum absolute atomic E-state index is 12.3. The van der Waals surface area contributed by atoms with Crippen molar-refractivity contribution in [1.82, 2.24) is 15.5 Å². The first-order valence-electron chi connectivity index (χ1n) is 9.41. The Balaban J connectivity index is 1.47. The average molecular weight is 379 g/mol. The molecule has 6 heteroatoms. The van der Waals surface area contributed by atoms with Gasteiger partial charge in [-0.3, -0.25) is 14.4 Å². The van der Waals surface area contributed by atoms with Crippen molar-refractivity contribution in [2.24, 2.45) is 0 Å². The Labute approximate surface area is 164 Å². The number of likely N-dealkylation sites (N-methyl/N-ethyl adjacent to an activating group) is 1. The minimum absolute atomic E-state index is 0.0581. The van der Waals surface area contributed by atoms with Crippen LogP contribution in [0.5, 0.6) is 0 Å². The third-order valence-electron chi connectivity index (χ3n) is 4.69. The quantitative estimate of drug-likeness (QED) is 0.775. The Morgan fingerprint density at radius 1 is 0.929 bits per heavy atom. The molecular formula is C22H25N3O3. The molecule has 2 N–H and O–H groups in total. The van der Waals surface area contributed by atoms with Crippen molar-refractivity contribution in [3.05, 3.63) is 70.8 Å². The van der Waals surface area contributed by atoms with E-state index < -0.39 is 0 Å². The summed E-state index contributed by atoms with van der Waals surface area (Å²) in [5.74, 6) is -0.513. The zero-order valence-electron chi connectivity index (χ0n) is 16.2. The molecule has 0 radical (unpaired) electrons. The van der Waals surface area contributed by atoms with E-state index in [0.29, 0.717) is 23.7 Å². The molecule has 0 unspecified atom stereocenters. The van der Waals surface area contributed by atoms with Crippen LogP contribution in [0.1, 0.15) is 44.7 Å². The fourth-order valence-corrected chi connectivity index (χ4v) is 2.72. The van der Waals surface area contributed by atoms with E-state index in [9.17, 15) is 14.4 Å². The molecule has 0 heterocycles. The number of hydrogen-bond donors (Lipinski definition) is 2. The van der Waals surface area contributed by atoms with Gasteiger partial charge in [0.2, 0.25) is 5.91 Å². The summed E-state index contributed by atoms with van der Waals surface area (Å²) in [5.41, 5.74) is 3.14. The van der Waals surface area contributed by atoms with Gasteiger partial charge in [0.05, 0.1) is 6.54 Å². The summed E-state index contributed by atoms with van der Waals surface area (Å²) in [4.78, 5) is 37.9. The molecule has 1 aliphatic carbocycles. The van der Waals surface area contributed by atoms with Crippen molar-refractivity contribution >= 4 is 17.7 Å². The molecule has 1 fully saturated rings. The van der Waals surface area contributed by atoms with Crippen LogP contribution in [-0.2, 0) is 11.3 Å². The molecule has 3 rings (SSSR count). The zero-order chi connectivity index (χ0) is 20.1. The number of carbonyl (C=O) groups excluding carboxylic acids is 3. The Kier molecular flexibility index (Phi) is 6.09. The molecule has 0 saturated heterocycles. The second-order valence-corrected chi connectivity index (χ2v) is 7.24. The highest BCUT2D eigenvalue weighted by atomic mass is 16.2. The summed E-state index contributed by atoms with van der Waals surface area (Å²) in [6.07, 6.45) is 2.11. The first kappa shape index (κ1) is 19.6. The highest BCUT2D eigenvalue weighted by molar-refractivity contribution is 5.96. The summed E-state index contributed by atoms with van der Waals surface area (Å²) >= 11 is 0. The van der Waals surface area contributed by atoms with Crippen molar-refractivity contribution in [2.75, 3.05) is 13.6 Å². The number of rotatable bonds is 7. The van der Waals surface area contributed by atoms with Crippen LogP contribution in [0.4, 0.5) is 0 Å². The lowest BCUT2D eigenvalue weighted by Gasteiger charge is -2.18. The van der Waals surface area contributed by atoms with Gasteiger partial charge in [0, 0.05) is 30.8 Å². The van der Waals surface area contributed by atoms with Gasteiger partial charge in [0.15, 0.2) is 0 Å². The van der Waals surface area contributed by atoms with Gasteiger partial charge < -0.3 is 15.5 Å². The minimum Gasteiger partial charge on any atom is -0.349 e. The maximum Gasteiger partial charge on any atom is 0.251 e. The molecule has 3 amide bonds. The van der Waals surface area contributed by atoms with Crippen LogP contribution in [0.2, 0.25) is 0 Å². The van der Waals surface area contributed by atoms with Gasteiger partial charge >= 0.3 is 0 Å². The molecule has 6 nitrogen and oxygen atoms in total. The number of carbonyl (C=O) groups is 3. The molecule has 0 atom stereocenters. The van der Waals surface area contributed by atoms with E-state index in [2.05, 4.69) is 10.6 Å². The normalized spacial score (nSPS) is 12.9. The second kappa shape index (κ2) is 8.69. The molecule has 0 spiro atoms. The smallest absolute Gasteiger partial charge is 0.251 e. The first-order valence-corrected chi connectivity index (χ1v) is 9.41. The van der Waals surface area contributed by atoms with Gasteiger partial charge in [-0.2, -0.15) is 0 Å². The standard InChI is InChI=1S/C22H25N3O3/c1-15-3-7-17(8-4-15)21(27)23-13-20(26)25(2)14-16-5-9-18(10-6-16)22(28)24-19-11-12-19/h3-10,19H,11-14H2,1-2H3,(H,23,27)(H,24,28). The average Bonchev–Trinajstić information content (AvgIpc) is 3.50. The molecule has 0 aromatic heterocycles. The molecule has 1 aliphatic rings. The van der Waals surface area contributed by atoms with Crippen LogP contribution in [0.25, 0.3) is 0 Å². The van der Waals surface area contributed by atoms with Gasteiger partial charge in [-0.05, 0) is 49.6 Å². The topological polar surface area (TPSA) is 78.5 Å². The van der Waals surface area contributed by atoms with E-state index in [1.807, 2.05) is 31.2 Å². The lowest BCUT2D eigenvalue weighted by Crippen LogP contribution is -2.37. The Morgan fingerprint density at radius 3 is 2.11 bits per heavy atom. The lowest BCUT2D eigenvalue weighted by molar-refractivity contribution is -0.129. The van der Waals surface area contributed by atoms with E-state index in [0.717, 1.165) is 24.0 Å². The Bertz CT molecular complexity index is 856. The monoisotopic (exact) mass is 379 g/mol. The molecule has 2 aromatic carbocycles. The third-order valence-corrected chi connectivity index (χ3v) is 4.69. The SMILES string of the molecule is Cc1ccc(C(=O)NCC(=O)N(C)Cc2ccc(C(=O)NC3CC3)cc2)cc1. The van der Waals surface area contributed by atoms with Crippen LogP contribution in [-0.4, -0.2) is 42.3 Å². The van der Waals surface area contributed by atoms with Crippen molar-refractivity contribution in [2.45, 2.75) is 32.4 Å². The molecule has 1 saturated carbocycles. The fraction of sp³-hybridized carbons (Fsp3) is 0.318. The number of nitrogens with zero attached hydrogens (tertiary/aromatic N) is 1. The fourth-order valence-electron chi connectivity index (χ4n) is 2.72. The number of hydrogen-bond acceptors (Lipinski definition) is 3. The molecule has 28 heavy (non-hydrogen) atoms. The van der Waals surface area contributed by atoms with E-state index in [1.165, 1.54) is 0 Å². The minimum atomic E-state index is -0.271. The lowest BCUT2D eigenvalue weighted by atomic mass is 10.1. The van der Waals surface area contributed by atoms with Crippen LogP contribution >= 0.6 is 0 Å². The van der Waals surface area contributed by atoms with Gasteiger partial charge in [0.1, 0.15) is 0 Å². The predicted molar refractivity (Wildman–Crippen MR) is 107 cm³/mol. The number of amides is 3. The number of benzene rings is 2. The summed E-state index contributed by atoms with van der Waals surface area (Å²) in [6.45, 7) is 2.29. The van der Waals surface area contributed by atoms with Crippen molar-refractivity contribution in [3.63, 3.8) is 0 Å². The van der Waals surface area contributed by atoms with Gasteiger partial charge in [-0.15, -0.1) is 0 Å². The van der Waals surface area contributed by atoms with Gasteiger partial charge in [-0.25, -0.2) is 0 Å². The molecular weight excluding hydrogens is 354 g/mol. The van der Waals surface area contributed by atoms with Crippen LogP contribution in [0.15, 0.2) is 48.5 Å².